The number of methoxy groups -OCH3 is 1. The summed E-state index contributed by atoms with van der Waals surface area (Å²) in [7, 11) is 1.70. The van der Waals surface area contributed by atoms with Crippen LogP contribution in [0, 0.1) is 5.41 Å². The van der Waals surface area contributed by atoms with Crippen molar-refractivity contribution in [2.24, 2.45) is 5.41 Å². The number of hydrogen-bond acceptors (Lipinski definition) is 5. The minimum Gasteiger partial charge on any atom is -0.497 e. The minimum absolute atomic E-state index is 0.567. The number of nitrogens with zero attached hydrogens (tertiary/aromatic N) is 4. The van der Waals surface area contributed by atoms with E-state index in [1.165, 1.54) is 68.8 Å². The fraction of sp³-hybridized carbons (Fsp3) is 0.500. The van der Waals surface area contributed by atoms with Crippen LogP contribution in [-0.4, -0.2) is 54.4 Å². The maximum Gasteiger partial charge on any atom is 0.151 e. The maximum absolute atomic E-state index is 5.34. The molecule has 5 heteroatoms. The fourth-order valence-electron chi connectivity index (χ4n) is 5.98. The molecule has 0 N–H and O–H groups in total. The number of hydrogen-bond donors (Lipinski definition) is 0. The SMILES string of the molecule is COc1ccc2cc(-c3ccc(N4CCC5(CC4)CCN(C4CCC4)CC5)nn3)ccc2c1. The van der Waals surface area contributed by atoms with Crippen LogP contribution in [0.5, 0.6) is 5.75 Å². The lowest BCUT2D eigenvalue weighted by Crippen LogP contribution is -2.51. The van der Waals surface area contributed by atoms with Crippen LogP contribution < -0.4 is 9.64 Å². The van der Waals surface area contributed by atoms with Gasteiger partial charge in [0.1, 0.15) is 5.75 Å². The van der Waals surface area contributed by atoms with Gasteiger partial charge in [0.15, 0.2) is 5.82 Å². The van der Waals surface area contributed by atoms with Crippen molar-refractivity contribution >= 4 is 16.6 Å². The molecule has 3 heterocycles. The highest BCUT2D eigenvalue weighted by Gasteiger charge is 2.39. The van der Waals surface area contributed by atoms with Gasteiger partial charge in [-0.3, -0.25) is 0 Å². The summed E-state index contributed by atoms with van der Waals surface area (Å²) in [6, 6.07) is 17.8. The molecule has 172 valence electrons. The quantitative estimate of drug-likeness (QED) is 0.531. The molecule has 0 bridgehead atoms. The van der Waals surface area contributed by atoms with Gasteiger partial charge >= 0.3 is 0 Å². The number of anilines is 1. The highest BCUT2D eigenvalue weighted by molar-refractivity contribution is 5.87. The summed E-state index contributed by atoms with van der Waals surface area (Å²) < 4.78 is 5.34. The second kappa shape index (κ2) is 8.60. The van der Waals surface area contributed by atoms with Crippen molar-refractivity contribution < 1.29 is 4.74 Å². The Kier molecular flexibility index (Phi) is 5.45. The molecule has 0 radical (unpaired) electrons. The molecule has 0 unspecified atom stereocenters. The lowest BCUT2D eigenvalue weighted by Gasteiger charge is -2.50. The van der Waals surface area contributed by atoms with Gasteiger partial charge in [-0.05, 0) is 98.1 Å². The topological polar surface area (TPSA) is 41.5 Å². The van der Waals surface area contributed by atoms with E-state index < -0.39 is 0 Å². The summed E-state index contributed by atoms with van der Waals surface area (Å²) in [5, 5.41) is 11.6. The van der Waals surface area contributed by atoms with Crippen LogP contribution in [0.1, 0.15) is 44.9 Å². The molecule has 2 aromatic carbocycles. The number of piperidine rings is 2. The van der Waals surface area contributed by atoms with Crippen LogP contribution in [0.4, 0.5) is 5.82 Å². The number of benzene rings is 2. The summed E-state index contributed by atoms with van der Waals surface area (Å²) in [5.74, 6) is 1.90. The molecular weight excluding hydrogens is 408 g/mol. The van der Waals surface area contributed by atoms with Crippen molar-refractivity contribution in [1.29, 1.82) is 0 Å². The Balaban J connectivity index is 1.09. The van der Waals surface area contributed by atoms with Crippen molar-refractivity contribution in [2.45, 2.75) is 51.0 Å². The lowest BCUT2D eigenvalue weighted by molar-refractivity contribution is 0.0305. The molecule has 1 aliphatic carbocycles. The molecule has 3 fully saturated rings. The zero-order valence-electron chi connectivity index (χ0n) is 19.7. The van der Waals surface area contributed by atoms with E-state index in [-0.39, 0.29) is 0 Å². The predicted octanol–water partition coefficient (Wildman–Crippen LogP) is 5.54. The van der Waals surface area contributed by atoms with Crippen molar-refractivity contribution in [3.8, 4) is 17.0 Å². The summed E-state index contributed by atoms with van der Waals surface area (Å²) >= 11 is 0. The van der Waals surface area contributed by atoms with E-state index in [1.54, 1.807) is 7.11 Å². The Labute approximate surface area is 196 Å². The molecule has 1 saturated carbocycles. The van der Waals surface area contributed by atoms with Crippen LogP contribution in [0.3, 0.4) is 0 Å². The van der Waals surface area contributed by atoms with E-state index in [4.69, 9.17) is 4.74 Å². The van der Waals surface area contributed by atoms with Gasteiger partial charge in [-0.25, -0.2) is 0 Å². The highest BCUT2D eigenvalue weighted by atomic mass is 16.5. The number of ether oxygens (including phenoxy) is 1. The Morgan fingerprint density at radius 1 is 0.818 bits per heavy atom. The van der Waals surface area contributed by atoms with Gasteiger partial charge in [-0.15, -0.1) is 10.2 Å². The van der Waals surface area contributed by atoms with Gasteiger partial charge in [0, 0.05) is 24.7 Å². The zero-order valence-corrected chi connectivity index (χ0v) is 19.7. The number of likely N-dealkylation sites (tertiary alicyclic amines) is 1. The molecule has 3 aromatic rings. The van der Waals surface area contributed by atoms with Crippen LogP contribution in [0.2, 0.25) is 0 Å². The molecule has 0 amide bonds. The van der Waals surface area contributed by atoms with Crippen LogP contribution in [0.25, 0.3) is 22.0 Å². The number of aromatic nitrogens is 2. The summed E-state index contributed by atoms with van der Waals surface area (Å²) in [6.07, 6.45) is 9.67. The Morgan fingerprint density at radius 2 is 1.55 bits per heavy atom. The average Bonchev–Trinajstić information content (AvgIpc) is 2.84. The van der Waals surface area contributed by atoms with Crippen molar-refractivity contribution in [3.63, 3.8) is 0 Å². The third-order valence-corrected chi connectivity index (χ3v) is 8.59. The van der Waals surface area contributed by atoms with Crippen molar-refractivity contribution in [1.82, 2.24) is 15.1 Å². The number of fused-ring (bicyclic) bond motifs is 1. The molecule has 33 heavy (non-hydrogen) atoms. The molecule has 6 rings (SSSR count). The smallest absolute Gasteiger partial charge is 0.151 e. The predicted molar refractivity (Wildman–Crippen MR) is 134 cm³/mol. The van der Waals surface area contributed by atoms with Crippen molar-refractivity contribution in [3.05, 3.63) is 48.5 Å². The molecule has 2 saturated heterocycles. The molecule has 2 aliphatic heterocycles. The van der Waals surface area contributed by atoms with E-state index in [9.17, 15) is 0 Å². The van der Waals surface area contributed by atoms with E-state index in [1.807, 2.05) is 6.07 Å². The fourth-order valence-corrected chi connectivity index (χ4v) is 5.98. The molecule has 3 aliphatic rings. The van der Waals surface area contributed by atoms with Crippen LogP contribution in [0.15, 0.2) is 48.5 Å². The van der Waals surface area contributed by atoms with Gasteiger partial charge in [0.25, 0.3) is 0 Å². The first-order chi connectivity index (χ1) is 16.2. The molecular formula is C28H34N4O. The standard InChI is InChI=1S/C28H34N4O/c1-33-25-8-7-21-19-23(6-5-22(21)20-25)26-9-10-27(30-29-26)32-17-13-28(14-18-32)11-15-31(16-12-28)24-3-2-4-24/h5-10,19-20,24H,2-4,11-18H2,1H3. The molecule has 1 aromatic heterocycles. The van der Waals surface area contributed by atoms with Crippen molar-refractivity contribution in [2.75, 3.05) is 38.2 Å². The van der Waals surface area contributed by atoms with Gasteiger partial charge in [0.2, 0.25) is 0 Å². The van der Waals surface area contributed by atoms with Gasteiger partial charge in [0.05, 0.1) is 12.8 Å². The van der Waals surface area contributed by atoms with E-state index in [0.29, 0.717) is 5.41 Å². The highest BCUT2D eigenvalue weighted by Crippen LogP contribution is 2.43. The first-order valence-corrected chi connectivity index (χ1v) is 12.6. The lowest BCUT2D eigenvalue weighted by atomic mass is 9.70. The Hall–Kier alpha value is -2.66. The third-order valence-electron chi connectivity index (χ3n) is 8.59. The summed E-state index contributed by atoms with van der Waals surface area (Å²) in [5.41, 5.74) is 2.59. The third kappa shape index (κ3) is 4.08. The van der Waals surface area contributed by atoms with E-state index in [2.05, 4.69) is 62.5 Å². The Morgan fingerprint density at radius 3 is 2.21 bits per heavy atom. The molecule has 0 atom stereocenters. The largest absolute Gasteiger partial charge is 0.497 e. The van der Waals surface area contributed by atoms with Gasteiger partial charge in [-0.2, -0.15) is 0 Å². The Bertz CT molecular complexity index is 1110. The first kappa shape index (κ1) is 20.9. The van der Waals surface area contributed by atoms with Crippen LogP contribution >= 0.6 is 0 Å². The van der Waals surface area contributed by atoms with Gasteiger partial charge in [-0.1, -0.05) is 24.6 Å². The maximum atomic E-state index is 5.34. The second-order valence-electron chi connectivity index (χ2n) is 10.3. The minimum atomic E-state index is 0.567. The zero-order chi connectivity index (χ0) is 22.3. The van der Waals surface area contributed by atoms with Crippen LogP contribution in [-0.2, 0) is 0 Å². The molecule has 5 nitrogen and oxygen atoms in total. The summed E-state index contributed by atoms with van der Waals surface area (Å²) in [6.45, 7) is 4.85. The van der Waals surface area contributed by atoms with E-state index in [0.717, 1.165) is 42.0 Å². The normalized spacial score (nSPS) is 21.3. The number of rotatable bonds is 4. The summed E-state index contributed by atoms with van der Waals surface area (Å²) in [4.78, 5) is 5.21. The average molecular weight is 443 g/mol. The van der Waals surface area contributed by atoms with Gasteiger partial charge < -0.3 is 14.5 Å². The molecule has 1 spiro atoms. The second-order valence-corrected chi connectivity index (χ2v) is 10.3. The monoisotopic (exact) mass is 442 g/mol. The van der Waals surface area contributed by atoms with E-state index >= 15 is 0 Å². The first-order valence-electron chi connectivity index (χ1n) is 12.6.